The Labute approximate surface area is 146 Å². The Morgan fingerprint density at radius 3 is 2.83 bits per heavy atom. The van der Waals surface area contributed by atoms with Crippen LogP contribution in [0.5, 0.6) is 0 Å². The molecule has 132 valence electrons. The maximum absolute atomic E-state index is 12.3. The Balaban J connectivity index is 1.64. The van der Waals surface area contributed by atoms with Crippen LogP contribution < -0.4 is 16.4 Å². The van der Waals surface area contributed by atoms with Crippen LogP contribution in [0.15, 0.2) is 0 Å². The van der Waals surface area contributed by atoms with Crippen molar-refractivity contribution in [3.05, 3.63) is 16.0 Å². The monoisotopic (exact) mass is 350 g/mol. The molecule has 1 atom stereocenters. The third kappa shape index (κ3) is 3.57. The van der Waals surface area contributed by atoms with Crippen LogP contribution in [0.4, 0.5) is 9.80 Å². The van der Waals surface area contributed by atoms with E-state index >= 15 is 0 Å². The molecule has 1 aromatic heterocycles. The van der Waals surface area contributed by atoms with Gasteiger partial charge in [0, 0.05) is 17.5 Å². The molecule has 0 spiro atoms. The van der Waals surface area contributed by atoms with Gasteiger partial charge in [0.2, 0.25) is 0 Å². The highest BCUT2D eigenvalue weighted by atomic mass is 32.1. The molecule has 1 aliphatic heterocycles. The first-order valence-corrected chi connectivity index (χ1v) is 9.65. The minimum Gasteiger partial charge on any atom is -0.365 e. The summed E-state index contributed by atoms with van der Waals surface area (Å²) in [5.41, 5.74) is 7.12. The van der Waals surface area contributed by atoms with Crippen LogP contribution in [0.25, 0.3) is 0 Å². The van der Waals surface area contributed by atoms with Crippen molar-refractivity contribution in [2.75, 3.05) is 25.0 Å². The Kier molecular flexibility index (Phi) is 5.40. The number of hydrogen-bond donors (Lipinski definition) is 3. The van der Waals surface area contributed by atoms with E-state index in [2.05, 4.69) is 22.5 Å². The molecule has 3 amide bonds. The van der Waals surface area contributed by atoms with E-state index in [1.54, 1.807) is 0 Å². The fourth-order valence-corrected chi connectivity index (χ4v) is 5.10. The highest BCUT2D eigenvalue weighted by molar-refractivity contribution is 7.17. The lowest BCUT2D eigenvalue weighted by Gasteiger charge is -2.22. The van der Waals surface area contributed by atoms with Crippen molar-refractivity contribution in [2.24, 2.45) is 5.73 Å². The maximum Gasteiger partial charge on any atom is 0.319 e. The molecule has 1 fully saturated rings. The van der Waals surface area contributed by atoms with Crippen molar-refractivity contribution in [3.63, 3.8) is 0 Å². The van der Waals surface area contributed by atoms with Gasteiger partial charge in [0.25, 0.3) is 5.91 Å². The van der Waals surface area contributed by atoms with Crippen molar-refractivity contribution in [1.82, 2.24) is 10.2 Å². The predicted molar refractivity (Wildman–Crippen MR) is 96.8 cm³/mol. The summed E-state index contributed by atoms with van der Waals surface area (Å²) in [5, 5.41) is 6.40. The summed E-state index contributed by atoms with van der Waals surface area (Å²) in [7, 11) is 0. The molecule has 0 radical (unpaired) electrons. The van der Waals surface area contributed by atoms with Crippen molar-refractivity contribution in [3.8, 4) is 0 Å². The summed E-state index contributed by atoms with van der Waals surface area (Å²) in [5.74, 6) is -0.447. The molecular weight excluding hydrogens is 324 g/mol. The van der Waals surface area contributed by atoms with Crippen LogP contribution in [0.1, 0.15) is 53.4 Å². The number of nitrogens with zero attached hydrogens (tertiary/aromatic N) is 1. The Morgan fingerprint density at radius 1 is 1.29 bits per heavy atom. The first kappa shape index (κ1) is 17.2. The van der Waals surface area contributed by atoms with Crippen molar-refractivity contribution >= 4 is 28.3 Å². The number of primary amides is 1. The fourth-order valence-electron chi connectivity index (χ4n) is 3.82. The lowest BCUT2D eigenvalue weighted by atomic mass is 9.95. The largest absolute Gasteiger partial charge is 0.365 e. The second-order valence-electron chi connectivity index (χ2n) is 6.54. The third-order valence-electron chi connectivity index (χ3n) is 5.05. The smallest absolute Gasteiger partial charge is 0.319 e. The average Bonchev–Trinajstić information content (AvgIpc) is 3.16. The number of nitrogens with one attached hydrogen (secondary N) is 2. The third-order valence-corrected chi connectivity index (χ3v) is 6.26. The fraction of sp³-hybridized carbons (Fsp3) is 0.647. The van der Waals surface area contributed by atoms with Gasteiger partial charge in [-0.25, -0.2) is 4.79 Å². The minimum absolute atomic E-state index is 0.251. The number of carbonyl (C=O) groups is 2. The molecule has 1 aliphatic carbocycles. The van der Waals surface area contributed by atoms with E-state index in [1.807, 2.05) is 0 Å². The van der Waals surface area contributed by atoms with E-state index in [9.17, 15) is 9.59 Å². The zero-order valence-corrected chi connectivity index (χ0v) is 15.0. The van der Waals surface area contributed by atoms with Gasteiger partial charge in [0.1, 0.15) is 5.00 Å². The molecule has 3 rings (SSSR count). The van der Waals surface area contributed by atoms with Gasteiger partial charge in [-0.05, 0) is 57.2 Å². The Bertz CT molecular complexity index is 628. The number of fused-ring (bicyclic) bond motifs is 1. The van der Waals surface area contributed by atoms with Crippen LogP contribution in [0.3, 0.4) is 0 Å². The van der Waals surface area contributed by atoms with Gasteiger partial charge in [0.05, 0.1) is 5.56 Å². The van der Waals surface area contributed by atoms with Crippen LogP contribution >= 0.6 is 11.3 Å². The summed E-state index contributed by atoms with van der Waals surface area (Å²) in [6, 6.07) is 0.159. The number of likely N-dealkylation sites (tertiary alicyclic amines) is 1. The van der Waals surface area contributed by atoms with Crippen LogP contribution in [-0.4, -0.2) is 42.5 Å². The SMILES string of the molecule is CCN1CCCC1CNC(=O)Nc1sc2c(c1C(N)=O)CCCC2. The van der Waals surface area contributed by atoms with Gasteiger partial charge in [-0.1, -0.05) is 6.92 Å². The summed E-state index contributed by atoms with van der Waals surface area (Å²) in [6.45, 7) is 4.90. The topological polar surface area (TPSA) is 87.5 Å². The van der Waals surface area contributed by atoms with Crippen LogP contribution in [-0.2, 0) is 12.8 Å². The molecule has 1 unspecified atom stereocenters. The molecule has 0 saturated carbocycles. The van der Waals surface area contributed by atoms with Crippen molar-refractivity contribution in [2.45, 2.75) is 51.5 Å². The zero-order valence-electron chi connectivity index (χ0n) is 14.2. The van der Waals surface area contributed by atoms with E-state index in [0.717, 1.165) is 50.8 Å². The second kappa shape index (κ2) is 7.53. The molecule has 6 nitrogen and oxygen atoms in total. The average molecular weight is 350 g/mol. The van der Waals surface area contributed by atoms with Gasteiger partial charge in [-0.2, -0.15) is 0 Å². The van der Waals surface area contributed by atoms with E-state index in [4.69, 9.17) is 5.73 Å². The normalized spacial score (nSPS) is 20.6. The number of aryl methyl sites for hydroxylation is 1. The lowest BCUT2D eigenvalue weighted by molar-refractivity contribution is 0.100. The molecule has 7 heteroatoms. The lowest BCUT2D eigenvalue weighted by Crippen LogP contribution is -2.41. The van der Waals surface area contributed by atoms with E-state index in [0.29, 0.717) is 23.2 Å². The number of carbonyl (C=O) groups excluding carboxylic acids is 2. The summed E-state index contributed by atoms with van der Waals surface area (Å²) >= 11 is 1.50. The molecule has 24 heavy (non-hydrogen) atoms. The number of urea groups is 1. The van der Waals surface area contributed by atoms with Crippen molar-refractivity contribution in [1.29, 1.82) is 0 Å². The van der Waals surface area contributed by atoms with Gasteiger partial charge in [0.15, 0.2) is 0 Å². The van der Waals surface area contributed by atoms with Gasteiger partial charge in [-0.15, -0.1) is 11.3 Å². The Hall–Kier alpha value is -1.60. The number of anilines is 1. The summed E-state index contributed by atoms with van der Waals surface area (Å²) < 4.78 is 0. The highest BCUT2D eigenvalue weighted by Gasteiger charge is 2.26. The number of nitrogens with two attached hydrogens (primary N) is 1. The molecule has 4 N–H and O–H groups in total. The molecule has 1 saturated heterocycles. The number of likely N-dealkylation sites (N-methyl/N-ethyl adjacent to an activating group) is 1. The highest BCUT2D eigenvalue weighted by Crippen LogP contribution is 2.37. The van der Waals surface area contributed by atoms with Crippen LogP contribution in [0, 0.1) is 0 Å². The zero-order chi connectivity index (χ0) is 17.1. The van der Waals surface area contributed by atoms with Gasteiger partial charge >= 0.3 is 6.03 Å². The minimum atomic E-state index is -0.447. The molecule has 2 heterocycles. The van der Waals surface area contributed by atoms with E-state index in [1.165, 1.54) is 22.6 Å². The molecule has 0 aromatic carbocycles. The van der Waals surface area contributed by atoms with Crippen molar-refractivity contribution < 1.29 is 9.59 Å². The second-order valence-corrected chi connectivity index (χ2v) is 7.64. The molecule has 2 aliphatic rings. The number of amides is 3. The van der Waals surface area contributed by atoms with E-state index < -0.39 is 5.91 Å². The number of rotatable bonds is 5. The predicted octanol–water partition coefficient (Wildman–Crippen LogP) is 2.33. The maximum atomic E-state index is 12.3. The molecule has 0 bridgehead atoms. The van der Waals surface area contributed by atoms with E-state index in [-0.39, 0.29) is 6.03 Å². The summed E-state index contributed by atoms with van der Waals surface area (Å²) in [6.07, 6.45) is 6.35. The number of hydrogen-bond acceptors (Lipinski definition) is 4. The van der Waals surface area contributed by atoms with Crippen LogP contribution in [0.2, 0.25) is 0 Å². The quantitative estimate of drug-likeness (QED) is 0.761. The first-order chi connectivity index (χ1) is 11.6. The standard InChI is InChI=1S/C17H26N4O2S/c1-2-21-9-5-6-11(21)10-19-17(23)20-16-14(15(18)22)12-7-3-4-8-13(12)24-16/h11H,2-10H2,1H3,(H2,18,22)(H2,19,20,23). The molecule has 1 aromatic rings. The number of thiophene rings is 1. The first-order valence-electron chi connectivity index (χ1n) is 8.83. The van der Waals surface area contributed by atoms with Gasteiger partial charge in [-0.3, -0.25) is 15.0 Å². The summed E-state index contributed by atoms with van der Waals surface area (Å²) in [4.78, 5) is 27.7. The molecular formula is C17H26N4O2S. The van der Waals surface area contributed by atoms with Gasteiger partial charge < -0.3 is 11.1 Å². The Morgan fingerprint density at radius 2 is 2.08 bits per heavy atom.